The third kappa shape index (κ3) is 4.13. The van der Waals surface area contributed by atoms with E-state index in [1.165, 1.54) is 29.7 Å². The first-order chi connectivity index (χ1) is 11.9. The highest BCUT2D eigenvalue weighted by molar-refractivity contribution is 7.13. The molecule has 0 atom stereocenters. The van der Waals surface area contributed by atoms with E-state index >= 15 is 0 Å². The molecule has 1 amide bonds. The Bertz CT molecular complexity index is 883. The second-order valence-electron chi connectivity index (χ2n) is 4.96. The van der Waals surface area contributed by atoms with Gasteiger partial charge in [-0.15, -0.1) is 11.3 Å². The van der Waals surface area contributed by atoms with Crippen LogP contribution in [0.15, 0.2) is 52.9 Å². The van der Waals surface area contributed by atoms with Crippen molar-refractivity contribution in [3.8, 4) is 10.6 Å². The molecule has 0 aliphatic rings. The van der Waals surface area contributed by atoms with Crippen LogP contribution in [0, 0.1) is 0 Å². The molecule has 9 heteroatoms. The predicted octanol–water partition coefficient (Wildman–Crippen LogP) is 3.92. The Kier molecular flexibility index (Phi) is 4.66. The molecule has 0 bridgehead atoms. The van der Waals surface area contributed by atoms with Crippen LogP contribution in [-0.4, -0.2) is 22.3 Å². The molecule has 2 heterocycles. The fourth-order valence-electron chi connectivity index (χ4n) is 1.98. The Morgan fingerprint density at radius 2 is 2.00 bits per heavy atom. The lowest BCUT2D eigenvalue weighted by Gasteiger charge is -2.05. The lowest BCUT2D eigenvalue weighted by atomic mass is 10.1. The number of aromatic nitrogens is 2. The van der Waals surface area contributed by atoms with E-state index in [1.807, 2.05) is 17.5 Å². The van der Waals surface area contributed by atoms with Crippen LogP contribution in [0.1, 0.15) is 21.6 Å². The molecule has 0 aliphatic carbocycles. The summed E-state index contributed by atoms with van der Waals surface area (Å²) in [6.45, 7) is 0. The van der Waals surface area contributed by atoms with E-state index in [2.05, 4.69) is 20.7 Å². The van der Waals surface area contributed by atoms with Crippen LogP contribution in [0.2, 0.25) is 0 Å². The number of nitrogens with one attached hydrogen (secondary N) is 2. The van der Waals surface area contributed by atoms with Gasteiger partial charge in [-0.1, -0.05) is 18.2 Å². The number of nitrogens with zero attached hydrogens (tertiary/aromatic N) is 2. The molecule has 2 N–H and O–H groups in total. The zero-order chi connectivity index (χ0) is 17.9. The summed E-state index contributed by atoms with van der Waals surface area (Å²) in [5.74, 6) is -0.526. The van der Waals surface area contributed by atoms with Crippen molar-refractivity contribution in [2.75, 3.05) is 0 Å². The minimum Gasteiger partial charge on any atom is -0.276 e. The van der Waals surface area contributed by atoms with Crippen molar-refractivity contribution < 1.29 is 18.0 Å². The Balaban J connectivity index is 1.61. The van der Waals surface area contributed by atoms with Gasteiger partial charge in [0.1, 0.15) is 0 Å². The standard InChI is InChI=1S/C16H11F3N4OS/c17-16(18,19)11-5-3-10(4-6-11)9-20-23-15(24)13-8-12(21-22-13)14-2-1-7-25-14/h1-9H,(H,21,22)(H,23,24)/b20-9+. The van der Waals surface area contributed by atoms with Crippen LogP contribution in [0.3, 0.4) is 0 Å². The zero-order valence-corrected chi connectivity index (χ0v) is 13.4. The number of carbonyl (C=O) groups is 1. The second kappa shape index (κ2) is 6.89. The number of hydrogen-bond donors (Lipinski definition) is 2. The van der Waals surface area contributed by atoms with Crippen molar-refractivity contribution in [1.29, 1.82) is 0 Å². The summed E-state index contributed by atoms with van der Waals surface area (Å²) in [5, 5.41) is 12.3. The van der Waals surface area contributed by atoms with Crippen molar-refractivity contribution >= 4 is 23.5 Å². The van der Waals surface area contributed by atoms with Crippen molar-refractivity contribution in [2.45, 2.75) is 6.18 Å². The maximum absolute atomic E-state index is 12.5. The minimum absolute atomic E-state index is 0.160. The minimum atomic E-state index is -4.38. The van der Waals surface area contributed by atoms with Crippen LogP contribution in [0.25, 0.3) is 10.6 Å². The van der Waals surface area contributed by atoms with Gasteiger partial charge in [0, 0.05) is 0 Å². The molecule has 0 saturated carbocycles. The number of alkyl halides is 3. The van der Waals surface area contributed by atoms with Crippen molar-refractivity contribution in [1.82, 2.24) is 15.6 Å². The van der Waals surface area contributed by atoms with E-state index in [4.69, 9.17) is 0 Å². The largest absolute Gasteiger partial charge is 0.416 e. The average Bonchev–Trinajstić information content (AvgIpc) is 3.25. The van der Waals surface area contributed by atoms with Gasteiger partial charge in [0.25, 0.3) is 5.91 Å². The molecule has 128 valence electrons. The third-order valence-electron chi connectivity index (χ3n) is 3.21. The lowest BCUT2D eigenvalue weighted by Crippen LogP contribution is -2.18. The van der Waals surface area contributed by atoms with Gasteiger partial charge < -0.3 is 0 Å². The molecule has 1 aromatic carbocycles. The first-order valence-electron chi connectivity index (χ1n) is 7.03. The van der Waals surface area contributed by atoms with E-state index < -0.39 is 17.6 Å². The molecule has 5 nitrogen and oxygen atoms in total. The Hall–Kier alpha value is -2.94. The van der Waals surface area contributed by atoms with E-state index in [-0.39, 0.29) is 5.69 Å². The average molecular weight is 364 g/mol. The van der Waals surface area contributed by atoms with Gasteiger partial charge in [-0.25, -0.2) is 5.43 Å². The summed E-state index contributed by atoms with van der Waals surface area (Å²) in [6, 6.07) is 9.80. The quantitative estimate of drug-likeness (QED) is 0.544. The van der Waals surface area contributed by atoms with Gasteiger partial charge in [-0.05, 0) is 35.2 Å². The fourth-order valence-corrected chi connectivity index (χ4v) is 2.67. The highest BCUT2D eigenvalue weighted by Gasteiger charge is 2.29. The number of H-pyrrole nitrogens is 1. The Morgan fingerprint density at radius 1 is 1.24 bits per heavy atom. The molecule has 0 unspecified atom stereocenters. The summed E-state index contributed by atoms with van der Waals surface area (Å²) >= 11 is 1.51. The number of hydrazone groups is 1. The monoisotopic (exact) mass is 364 g/mol. The van der Waals surface area contributed by atoms with Crippen LogP contribution in [0.5, 0.6) is 0 Å². The van der Waals surface area contributed by atoms with Crippen molar-refractivity contribution in [2.24, 2.45) is 5.10 Å². The SMILES string of the molecule is O=C(N/N=C/c1ccc(C(F)(F)F)cc1)c1cc(-c2cccs2)[nH]n1. The van der Waals surface area contributed by atoms with E-state index in [9.17, 15) is 18.0 Å². The Morgan fingerprint density at radius 3 is 2.64 bits per heavy atom. The molecule has 0 spiro atoms. The van der Waals surface area contributed by atoms with Gasteiger partial charge in [-0.3, -0.25) is 9.89 Å². The van der Waals surface area contributed by atoms with Crippen LogP contribution in [0.4, 0.5) is 13.2 Å². The van der Waals surface area contributed by atoms with Crippen LogP contribution in [-0.2, 0) is 6.18 Å². The van der Waals surface area contributed by atoms with E-state index in [0.717, 1.165) is 17.0 Å². The normalized spacial score (nSPS) is 11.8. The molecule has 0 radical (unpaired) electrons. The molecule has 0 fully saturated rings. The summed E-state index contributed by atoms with van der Waals surface area (Å²) in [4.78, 5) is 12.9. The fraction of sp³-hybridized carbons (Fsp3) is 0.0625. The molecular formula is C16H11F3N4OS. The maximum atomic E-state index is 12.5. The molecule has 2 aromatic heterocycles. The highest BCUT2D eigenvalue weighted by Crippen LogP contribution is 2.28. The molecule has 25 heavy (non-hydrogen) atoms. The second-order valence-corrected chi connectivity index (χ2v) is 5.91. The number of carbonyl (C=O) groups excluding carboxylic acids is 1. The molecule has 3 aromatic rings. The first-order valence-corrected chi connectivity index (χ1v) is 7.91. The van der Waals surface area contributed by atoms with Crippen molar-refractivity contribution in [3.05, 3.63) is 64.7 Å². The zero-order valence-electron chi connectivity index (χ0n) is 12.5. The summed E-state index contributed by atoms with van der Waals surface area (Å²) < 4.78 is 37.4. The first kappa shape index (κ1) is 16.9. The lowest BCUT2D eigenvalue weighted by molar-refractivity contribution is -0.137. The van der Waals surface area contributed by atoms with E-state index in [0.29, 0.717) is 11.3 Å². The number of rotatable bonds is 4. The van der Waals surface area contributed by atoms with E-state index in [1.54, 1.807) is 6.07 Å². The maximum Gasteiger partial charge on any atom is 0.416 e. The van der Waals surface area contributed by atoms with Crippen molar-refractivity contribution in [3.63, 3.8) is 0 Å². The van der Waals surface area contributed by atoms with Gasteiger partial charge in [0.15, 0.2) is 5.69 Å². The van der Waals surface area contributed by atoms with Gasteiger partial charge in [-0.2, -0.15) is 23.4 Å². The highest BCUT2D eigenvalue weighted by atomic mass is 32.1. The summed E-state index contributed by atoms with van der Waals surface area (Å²) in [5.41, 5.74) is 2.84. The van der Waals surface area contributed by atoms with Gasteiger partial charge >= 0.3 is 6.18 Å². The smallest absolute Gasteiger partial charge is 0.276 e. The number of amides is 1. The summed E-state index contributed by atoms with van der Waals surface area (Å²) in [7, 11) is 0. The molecular weight excluding hydrogens is 353 g/mol. The molecule has 3 rings (SSSR count). The number of thiophene rings is 1. The Labute approximate surface area is 144 Å². The predicted molar refractivity (Wildman–Crippen MR) is 88.4 cm³/mol. The van der Waals surface area contributed by atoms with Gasteiger partial charge in [0.2, 0.25) is 0 Å². The van der Waals surface area contributed by atoms with Crippen LogP contribution < -0.4 is 5.43 Å². The molecule has 0 aliphatic heterocycles. The summed E-state index contributed by atoms with van der Waals surface area (Å²) in [6.07, 6.45) is -3.13. The topological polar surface area (TPSA) is 70.1 Å². The number of benzene rings is 1. The molecule has 0 saturated heterocycles. The van der Waals surface area contributed by atoms with Gasteiger partial charge in [0.05, 0.1) is 22.3 Å². The van der Waals surface area contributed by atoms with Crippen LogP contribution >= 0.6 is 11.3 Å². The number of aromatic amines is 1. The number of hydrogen-bond acceptors (Lipinski definition) is 4. The third-order valence-corrected chi connectivity index (χ3v) is 4.12. The number of halogens is 3.